The lowest BCUT2D eigenvalue weighted by atomic mass is 10.1. The number of nitrogens with one attached hydrogen (secondary N) is 1. The van der Waals surface area contributed by atoms with E-state index in [1.807, 2.05) is 20.8 Å². The zero-order valence-corrected chi connectivity index (χ0v) is 18.1. The fourth-order valence-electron chi connectivity index (χ4n) is 3.43. The third kappa shape index (κ3) is 5.97. The standard InChI is InChI=1S/C22H29N3O6/c1-22(2,3)31-21(29)24-9-5-8-17(14-24)30-16-7-4-6-15(12-16)23-18-13-19(27)25(10-11-26)20(18)28/h4,6-7,12-13,17,23,26H,5,8-11,14H2,1-3H3. The van der Waals surface area contributed by atoms with Crippen molar-refractivity contribution in [1.29, 1.82) is 0 Å². The summed E-state index contributed by atoms with van der Waals surface area (Å²) in [6.07, 6.45) is 2.31. The summed E-state index contributed by atoms with van der Waals surface area (Å²) < 4.78 is 11.5. The van der Waals surface area contributed by atoms with Gasteiger partial charge in [-0.15, -0.1) is 0 Å². The number of imide groups is 1. The monoisotopic (exact) mass is 431 g/mol. The molecule has 3 amide bonds. The van der Waals surface area contributed by atoms with Gasteiger partial charge in [0.05, 0.1) is 19.7 Å². The normalized spacial score (nSPS) is 19.4. The lowest BCUT2D eigenvalue weighted by molar-refractivity contribution is -0.137. The highest BCUT2D eigenvalue weighted by atomic mass is 16.6. The number of anilines is 1. The molecule has 0 spiro atoms. The molecule has 2 aliphatic heterocycles. The van der Waals surface area contributed by atoms with Crippen molar-refractivity contribution in [2.45, 2.75) is 45.3 Å². The summed E-state index contributed by atoms with van der Waals surface area (Å²) in [4.78, 5) is 39.2. The molecule has 2 N–H and O–H groups in total. The number of likely N-dealkylation sites (tertiary alicyclic amines) is 1. The first-order chi connectivity index (χ1) is 14.7. The molecule has 31 heavy (non-hydrogen) atoms. The Balaban J connectivity index is 1.61. The number of benzene rings is 1. The van der Waals surface area contributed by atoms with Crippen LogP contribution in [0.25, 0.3) is 0 Å². The Hall–Kier alpha value is -3.07. The van der Waals surface area contributed by atoms with E-state index in [1.165, 1.54) is 6.08 Å². The summed E-state index contributed by atoms with van der Waals surface area (Å²) in [7, 11) is 0. The van der Waals surface area contributed by atoms with Crippen LogP contribution in [0, 0.1) is 0 Å². The number of carbonyl (C=O) groups excluding carboxylic acids is 3. The van der Waals surface area contributed by atoms with Crippen LogP contribution in [0.15, 0.2) is 36.0 Å². The SMILES string of the molecule is CC(C)(C)OC(=O)N1CCCC(Oc2cccc(NC3=CC(=O)N(CCO)C3=O)c2)C1. The molecule has 1 unspecified atom stereocenters. The van der Waals surface area contributed by atoms with Gasteiger partial charge in [-0.05, 0) is 45.7 Å². The van der Waals surface area contributed by atoms with Gasteiger partial charge in [0.2, 0.25) is 0 Å². The van der Waals surface area contributed by atoms with Crippen LogP contribution in [0.3, 0.4) is 0 Å². The molecule has 1 saturated heterocycles. The molecule has 1 atom stereocenters. The maximum absolute atomic E-state index is 12.3. The first-order valence-corrected chi connectivity index (χ1v) is 10.4. The number of β-amino-alcohol motifs (C(OH)–C–C–N with tert-alkyl or cyclic N) is 1. The fraction of sp³-hybridized carbons (Fsp3) is 0.500. The van der Waals surface area contributed by atoms with E-state index < -0.39 is 17.4 Å². The van der Waals surface area contributed by atoms with Gasteiger partial charge in [0.15, 0.2) is 0 Å². The molecule has 0 bridgehead atoms. The maximum Gasteiger partial charge on any atom is 0.410 e. The topological polar surface area (TPSA) is 108 Å². The van der Waals surface area contributed by atoms with Crippen molar-refractivity contribution in [3.63, 3.8) is 0 Å². The van der Waals surface area contributed by atoms with Crippen molar-refractivity contribution in [3.05, 3.63) is 36.0 Å². The van der Waals surface area contributed by atoms with E-state index in [-0.39, 0.29) is 31.0 Å². The third-order valence-electron chi connectivity index (χ3n) is 4.78. The minimum absolute atomic E-state index is 0.0433. The van der Waals surface area contributed by atoms with Gasteiger partial charge in [-0.2, -0.15) is 0 Å². The molecule has 0 aromatic heterocycles. The largest absolute Gasteiger partial charge is 0.489 e. The predicted octanol–water partition coefficient (Wildman–Crippen LogP) is 2.12. The molecule has 0 aliphatic carbocycles. The Morgan fingerprint density at radius 1 is 1.29 bits per heavy atom. The summed E-state index contributed by atoms with van der Waals surface area (Å²) in [6, 6.07) is 7.07. The number of hydrogen-bond donors (Lipinski definition) is 2. The number of aliphatic hydroxyl groups excluding tert-OH is 1. The smallest absolute Gasteiger partial charge is 0.410 e. The third-order valence-corrected chi connectivity index (χ3v) is 4.78. The van der Waals surface area contributed by atoms with Crippen molar-refractivity contribution in [1.82, 2.24) is 9.80 Å². The molecule has 3 rings (SSSR count). The van der Waals surface area contributed by atoms with Crippen molar-refractivity contribution in [3.8, 4) is 5.75 Å². The molecule has 9 nitrogen and oxygen atoms in total. The second-order valence-electron chi connectivity index (χ2n) is 8.54. The lowest BCUT2D eigenvalue weighted by Crippen LogP contribution is -2.46. The highest BCUT2D eigenvalue weighted by Crippen LogP contribution is 2.24. The van der Waals surface area contributed by atoms with E-state index in [1.54, 1.807) is 29.2 Å². The summed E-state index contributed by atoms with van der Waals surface area (Å²) in [5.41, 5.74) is 0.186. The van der Waals surface area contributed by atoms with Crippen LogP contribution < -0.4 is 10.1 Å². The molecular formula is C22H29N3O6. The van der Waals surface area contributed by atoms with Crippen molar-refractivity contribution >= 4 is 23.6 Å². The molecule has 1 aromatic rings. The van der Waals surface area contributed by atoms with E-state index in [9.17, 15) is 14.4 Å². The molecule has 1 fully saturated rings. The fourth-order valence-corrected chi connectivity index (χ4v) is 3.43. The van der Waals surface area contributed by atoms with E-state index in [2.05, 4.69) is 5.32 Å². The van der Waals surface area contributed by atoms with Gasteiger partial charge in [0.25, 0.3) is 11.8 Å². The van der Waals surface area contributed by atoms with Crippen LogP contribution in [0.2, 0.25) is 0 Å². The van der Waals surface area contributed by atoms with Gasteiger partial charge >= 0.3 is 6.09 Å². The second kappa shape index (κ2) is 9.38. The highest BCUT2D eigenvalue weighted by molar-refractivity contribution is 6.17. The van der Waals surface area contributed by atoms with Crippen molar-refractivity contribution in [2.75, 3.05) is 31.6 Å². The zero-order chi connectivity index (χ0) is 22.6. The van der Waals surface area contributed by atoms with Crippen LogP contribution in [-0.4, -0.2) is 70.8 Å². The predicted molar refractivity (Wildman–Crippen MR) is 113 cm³/mol. The number of amides is 3. The molecule has 1 aromatic carbocycles. The van der Waals surface area contributed by atoms with Crippen LogP contribution in [-0.2, 0) is 14.3 Å². The van der Waals surface area contributed by atoms with Crippen molar-refractivity contribution < 1.29 is 29.0 Å². The average molecular weight is 431 g/mol. The number of hydrogen-bond acceptors (Lipinski definition) is 7. The van der Waals surface area contributed by atoms with Gasteiger partial charge in [0, 0.05) is 24.4 Å². The van der Waals surface area contributed by atoms with E-state index in [4.69, 9.17) is 14.6 Å². The van der Waals surface area contributed by atoms with Crippen LogP contribution in [0.1, 0.15) is 33.6 Å². The molecule has 168 valence electrons. The molecule has 2 heterocycles. The van der Waals surface area contributed by atoms with Gasteiger partial charge in [-0.1, -0.05) is 6.07 Å². The maximum atomic E-state index is 12.3. The average Bonchev–Trinajstić information content (AvgIpc) is 2.95. The van der Waals surface area contributed by atoms with Crippen LogP contribution in [0.5, 0.6) is 5.75 Å². The number of ether oxygens (including phenoxy) is 2. The van der Waals surface area contributed by atoms with Crippen LogP contribution >= 0.6 is 0 Å². The summed E-state index contributed by atoms with van der Waals surface area (Å²) in [5, 5.41) is 11.9. The lowest BCUT2D eigenvalue weighted by Gasteiger charge is -2.34. The molecule has 0 saturated carbocycles. The summed E-state index contributed by atoms with van der Waals surface area (Å²) >= 11 is 0. The van der Waals surface area contributed by atoms with E-state index >= 15 is 0 Å². The Morgan fingerprint density at radius 3 is 2.77 bits per heavy atom. The van der Waals surface area contributed by atoms with Crippen molar-refractivity contribution in [2.24, 2.45) is 0 Å². The highest BCUT2D eigenvalue weighted by Gasteiger charge is 2.31. The quantitative estimate of drug-likeness (QED) is 0.664. The number of nitrogens with zero attached hydrogens (tertiary/aromatic N) is 2. The number of carbonyl (C=O) groups is 3. The molecule has 2 aliphatic rings. The van der Waals surface area contributed by atoms with E-state index in [0.29, 0.717) is 24.5 Å². The minimum Gasteiger partial charge on any atom is -0.489 e. The van der Waals surface area contributed by atoms with E-state index in [0.717, 1.165) is 17.7 Å². The Bertz CT molecular complexity index is 876. The zero-order valence-electron chi connectivity index (χ0n) is 18.1. The van der Waals surface area contributed by atoms with Crippen LogP contribution in [0.4, 0.5) is 10.5 Å². The first kappa shape index (κ1) is 22.6. The van der Waals surface area contributed by atoms with Gasteiger partial charge in [-0.3, -0.25) is 14.5 Å². The summed E-state index contributed by atoms with van der Waals surface area (Å²) in [5.74, 6) is -0.352. The second-order valence-corrected chi connectivity index (χ2v) is 8.54. The minimum atomic E-state index is -0.550. The van der Waals surface area contributed by atoms with Gasteiger partial charge in [-0.25, -0.2) is 4.79 Å². The van der Waals surface area contributed by atoms with Gasteiger partial charge < -0.3 is 24.8 Å². The Labute approximate surface area is 181 Å². The Kier molecular flexibility index (Phi) is 6.84. The van der Waals surface area contributed by atoms with Gasteiger partial charge in [0.1, 0.15) is 23.2 Å². The number of piperidine rings is 1. The first-order valence-electron chi connectivity index (χ1n) is 10.4. The molecular weight excluding hydrogens is 402 g/mol. The number of aliphatic hydroxyl groups is 1. The summed E-state index contributed by atoms with van der Waals surface area (Å²) in [6.45, 7) is 6.24. The Morgan fingerprint density at radius 2 is 2.06 bits per heavy atom. The molecule has 9 heteroatoms. The number of rotatable bonds is 6. The molecule has 0 radical (unpaired) electrons.